The Bertz CT molecular complexity index is 522. The molecule has 17 heavy (non-hydrogen) atoms. The number of aromatic carboxylic acids is 1. The number of aryl methyl sites for hydroxylation is 1. The lowest BCUT2D eigenvalue weighted by Gasteiger charge is -1.96. The van der Waals surface area contributed by atoms with Crippen LogP contribution >= 0.6 is 11.8 Å². The first-order valence-electron chi connectivity index (χ1n) is 5.03. The first-order chi connectivity index (χ1) is 8.16. The Labute approximate surface area is 103 Å². The van der Waals surface area contributed by atoms with E-state index in [1.807, 2.05) is 18.2 Å². The minimum Gasteiger partial charge on any atom is -0.475 e. The zero-order chi connectivity index (χ0) is 12.3. The minimum atomic E-state index is -1.03. The van der Waals surface area contributed by atoms with Crippen LogP contribution in [0.2, 0.25) is 0 Å². The summed E-state index contributed by atoms with van der Waals surface area (Å²) < 4.78 is 5.25. The van der Waals surface area contributed by atoms with Crippen molar-refractivity contribution in [3.05, 3.63) is 47.5 Å². The number of hydrogen-bond donors (Lipinski definition) is 1. The molecule has 2 aromatic heterocycles. The second-order valence-corrected chi connectivity index (χ2v) is 4.48. The van der Waals surface area contributed by atoms with Crippen molar-refractivity contribution in [3.63, 3.8) is 0 Å². The maximum Gasteiger partial charge on any atom is 0.372 e. The molecule has 0 radical (unpaired) electrons. The van der Waals surface area contributed by atoms with Gasteiger partial charge in [-0.1, -0.05) is 17.8 Å². The maximum absolute atomic E-state index is 10.8. The van der Waals surface area contributed by atoms with Gasteiger partial charge in [-0.05, 0) is 25.1 Å². The van der Waals surface area contributed by atoms with Crippen LogP contribution in [-0.2, 0) is 5.75 Å². The maximum atomic E-state index is 10.8. The molecule has 0 aliphatic rings. The van der Waals surface area contributed by atoms with Crippen LogP contribution in [0.5, 0.6) is 0 Å². The summed E-state index contributed by atoms with van der Waals surface area (Å²) in [5.41, 5.74) is 0.647. The largest absolute Gasteiger partial charge is 0.475 e. The molecule has 1 N–H and O–H groups in total. The van der Waals surface area contributed by atoms with Gasteiger partial charge in [0.25, 0.3) is 0 Å². The fourth-order valence-corrected chi connectivity index (χ4v) is 2.15. The fourth-order valence-electron chi connectivity index (χ4n) is 1.41. The Balaban J connectivity index is 2.05. The van der Waals surface area contributed by atoms with Crippen LogP contribution in [0, 0.1) is 6.92 Å². The van der Waals surface area contributed by atoms with Crippen LogP contribution in [0.25, 0.3) is 0 Å². The zero-order valence-corrected chi connectivity index (χ0v) is 10.0. The minimum absolute atomic E-state index is 0.0154. The van der Waals surface area contributed by atoms with E-state index in [-0.39, 0.29) is 5.76 Å². The van der Waals surface area contributed by atoms with Gasteiger partial charge in [-0.15, -0.1) is 0 Å². The van der Waals surface area contributed by atoms with Crippen molar-refractivity contribution in [2.75, 3.05) is 0 Å². The molecule has 0 amide bonds. The molecule has 0 bridgehead atoms. The Morgan fingerprint density at radius 3 is 2.94 bits per heavy atom. The quantitative estimate of drug-likeness (QED) is 0.844. The summed E-state index contributed by atoms with van der Waals surface area (Å²) in [6.07, 6.45) is 1.72. The first-order valence-corrected chi connectivity index (χ1v) is 6.02. The summed E-state index contributed by atoms with van der Waals surface area (Å²) in [7, 11) is 0. The van der Waals surface area contributed by atoms with Crippen molar-refractivity contribution in [1.82, 2.24) is 4.98 Å². The number of carbonyl (C=O) groups is 1. The SMILES string of the molecule is Cc1cc(CSc2ccccn2)oc1C(=O)O. The third-order valence-corrected chi connectivity index (χ3v) is 3.13. The molecular weight excluding hydrogens is 238 g/mol. The van der Waals surface area contributed by atoms with Crippen LogP contribution in [0.3, 0.4) is 0 Å². The van der Waals surface area contributed by atoms with Crippen LogP contribution in [0.4, 0.5) is 0 Å². The van der Waals surface area contributed by atoms with Gasteiger partial charge in [-0.2, -0.15) is 0 Å². The standard InChI is InChI=1S/C12H11NO3S/c1-8-6-9(16-11(8)12(14)15)7-17-10-4-2-3-5-13-10/h2-6H,7H2,1H3,(H,14,15). The molecule has 0 saturated heterocycles. The molecule has 0 saturated carbocycles. The van der Waals surface area contributed by atoms with E-state index in [1.54, 1.807) is 19.2 Å². The molecule has 2 aromatic rings. The van der Waals surface area contributed by atoms with Gasteiger partial charge in [-0.3, -0.25) is 0 Å². The third kappa shape index (κ3) is 2.88. The van der Waals surface area contributed by atoms with E-state index in [9.17, 15) is 4.79 Å². The van der Waals surface area contributed by atoms with Crippen molar-refractivity contribution in [3.8, 4) is 0 Å². The number of furan rings is 1. The molecule has 0 aliphatic heterocycles. The van der Waals surface area contributed by atoms with E-state index in [0.717, 1.165) is 5.03 Å². The predicted octanol–water partition coefficient (Wildman–Crippen LogP) is 2.97. The Hall–Kier alpha value is -1.75. The van der Waals surface area contributed by atoms with Gasteiger partial charge in [0.2, 0.25) is 5.76 Å². The second-order valence-electron chi connectivity index (χ2n) is 3.49. The van der Waals surface area contributed by atoms with Crippen LogP contribution in [0.1, 0.15) is 21.9 Å². The van der Waals surface area contributed by atoms with Crippen LogP contribution < -0.4 is 0 Å². The van der Waals surface area contributed by atoms with Gasteiger partial charge in [0.1, 0.15) is 5.76 Å². The molecule has 0 aliphatic carbocycles. The highest BCUT2D eigenvalue weighted by molar-refractivity contribution is 7.98. The molecule has 2 rings (SSSR count). The van der Waals surface area contributed by atoms with E-state index in [4.69, 9.17) is 9.52 Å². The molecule has 2 heterocycles. The number of carboxylic acids is 1. The summed E-state index contributed by atoms with van der Waals surface area (Å²) in [6.45, 7) is 1.72. The molecule has 0 spiro atoms. The average Bonchev–Trinajstić information content (AvgIpc) is 2.69. The fraction of sp³-hybridized carbons (Fsp3) is 0.167. The topological polar surface area (TPSA) is 63.3 Å². The van der Waals surface area contributed by atoms with Gasteiger partial charge in [0.15, 0.2) is 0 Å². The van der Waals surface area contributed by atoms with E-state index < -0.39 is 5.97 Å². The molecule has 0 unspecified atom stereocenters. The Morgan fingerprint density at radius 2 is 2.35 bits per heavy atom. The summed E-state index contributed by atoms with van der Waals surface area (Å²) in [5.74, 6) is 0.208. The predicted molar refractivity (Wildman–Crippen MR) is 64.2 cm³/mol. The number of pyridine rings is 1. The number of nitrogens with zero attached hydrogens (tertiary/aromatic N) is 1. The van der Waals surface area contributed by atoms with Crippen molar-refractivity contribution in [2.45, 2.75) is 17.7 Å². The van der Waals surface area contributed by atoms with Gasteiger partial charge in [0.05, 0.1) is 10.8 Å². The average molecular weight is 249 g/mol. The molecule has 88 valence electrons. The summed E-state index contributed by atoms with van der Waals surface area (Å²) in [5, 5.41) is 9.74. The number of hydrogen-bond acceptors (Lipinski definition) is 4. The van der Waals surface area contributed by atoms with E-state index in [1.165, 1.54) is 11.8 Å². The highest BCUT2D eigenvalue weighted by Crippen LogP contribution is 2.23. The smallest absolute Gasteiger partial charge is 0.372 e. The van der Waals surface area contributed by atoms with Crippen molar-refractivity contribution >= 4 is 17.7 Å². The second kappa shape index (κ2) is 5.05. The van der Waals surface area contributed by atoms with Crippen molar-refractivity contribution in [1.29, 1.82) is 0 Å². The first kappa shape index (κ1) is 11.7. The van der Waals surface area contributed by atoms with Crippen molar-refractivity contribution < 1.29 is 14.3 Å². The Morgan fingerprint density at radius 1 is 1.53 bits per heavy atom. The molecule has 0 aromatic carbocycles. The number of thioether (sulfide) groups is 1. The van der Waals surface area contributed by atoms with Gasteiger partial charge in [0, 0.05) is 11.8 Å². The number of aromatic nitrogens is 1. The lowest BCUT2D eigenvalue weighted by Crippen LogP contribution is -1.94. The summed E-state index contributed by atoms with van der Waals surface area (Å²) in [4.78, 5) is 15.0. The van der Waals surface area contributed by atoms with Crippen molar-refractivity contribution in [2.24, 2.45) is 0 Å². The van der Waals surface area contributed by atoms with E-state index in [0.29, 0.717) is 17.1 Å². The molecular formula is C12H11NO3S. The summed E-state index contributed by atoms with van der Waals surface area (Å²) >= 11 is 1.51. The molecule has 5 heteroatoms. The third-order valence-electron chi connectivity index (χ3n) is 2.16. The molecule has 0 atom stereocenters. The zero-order valence-electron chi connectivity index (χ0n) is 9.21. The lowest BCUT2D eigenvalue weighted by atomic mass is 10.3. The van der Waals surface area contributed by atoms with Crippen LogP contribution in [0.15, 0.2) is 39.9 Å². The monoisotopic (exact) mass is 249 g/mol. The Kier molecular flexibility index (Phi) is 3.49. The van der Waals surface area contributed by atoms with Gasteiger partial charge < -0.3 is 9.52 Å². The lowest BCUT2D eigenvalue weighted by molar-refractivity contribution is 0.0659. The summed E-state index contributed by atoms with van der Waals surface area (Å²) in [6, 6.07) is 7.41. The molecule has 0 fully saturated rings. The van der Waals surface area contributed by atoms with E-state index in [2.05, 4.69) is 4.98 Å². The normalized spacial score (nSPS) is 10.4. The highest BCUT2D eigenvalue weighted by atomic mass is 32.2. The highest BCUT2D eigenvalue weighted by Gasteiger charge is 2.14. The van der Waals surface area contributed by atoms with Gasteiger partial charge >= 0.3 is 5.97 Å². The number of rotatable bonds is 4. The van der Waals surface area contributed by atoms with Gasteiger partial charge in [-0.25, -0.2) is 9.78 Å². The number of carboxylic acid groups (broad SMARTS) is 1. The molecule has 4 nitrogen and oxygen atoms in total. The van der Waals surface area contributed by atoms with Crippen LogP contribution in [-0.4, -0.2) is 16.1 Å². The van der Waals surface area contributed by atoms with E-state index >= 15 is 0 Å².